The molecular formula is C13H25N3O2S. The van der Waals surface area contributed by atoms with Crippen LogP contribution in [0.15, 0.2) is 17.2 Å². The molecule has 5 nitrogen and oxygen atoms in total. The molecule has 0 radical (unpaired) electrons. The van der Waals surface area contributed by atoms with E-state index in [9.17, 15) is 8.42 Å². The van der Waals surface area contributed by atoms with Gasteiger partial charge < -0.3 is 10.3 Å². The Morgan fingerprint density at radius 2 is 2.00 bits per heavy atom. The van der Waals surface area contributed by atoms with Gasteiger partial charge >= 0.3 is 0 Å². The van der Waals surface area contributed by atoms with Crippen LogP contribution in [0.3, 0.4) is 0 Å². The molecule has 0 amide bonds. The summed E-state index contributed by atoms with van der Waals surface area (Å²) < 4.78 is 28.9. The van der Waals surface area contributed by atoms with Crippen molar-refractivity contribution >= 4 is 10.0 Å². The van der Waals surface area contributed by atoms with Gasteiger partial charge in [0.15, 0.2) is 0 Å². The summed E-state index contributed by atoms with van der Waals surface area (Å²) in [4.78, 5) is 0.273. The van der Waals surface area contributed by atoms with Crippen LogP contribution in [0.25, 0.3) is 0 Å². The van der Waals surface area contributed by atoms with E-state index in [-0.39, 0.29) is 10.3 Å². The number of aromatic nitrogens is 1. The van der Waals surface area contributed by atoms with Gasteiger partial charge in [-0.1, -0.05) is 27.7 Å². The standard InChI is InChI=1S/C13H25N3O2S/c1-10(2)13(3,4)9-15-19(17,18)12-6-11(7-14)16(5)8-12/h6,8,10,15H,7,9,14H2,1-5H3. The SMILES string of the molecule is CC(C)C(C)(C)CNS(=O)(=O)c1cc(CN)n(C)c1. The third-order valence-electron chi connectivity index (χ3n) is 3.88. The fourth-order valence-electron chi connectivity index (χ4n) is 1.50. The fourth-order valence-corrected chi connectivity index (χ4v) is 2.81. The number of rotatable bonds is 6. The van der Waals surface area contributed by atoms with Crippen LogP contribution < -0.4 is 10.5 Å². The summed E-state index contributed by atoms with van der Waals surface area (Å²) in [5.41, 5.74) is 6.26. The molecule has 0 atom stereocenters. The lowest BCUT2D eigenvalue weighted by atomic mass is 9.81. The Balaban J connectivity index is 2.87. The van der Waals surface area contributed by atoms with E-state index >= 15 is 0 Å². The lowest BCUT2D eigenvalue weighted by Crippen LogP contribution is -2.36. The van der Waals surface area contributed by atoms with Crippen molar-refractivity contribution in [1.29, 1.82) is 0 Å². The normalized spacial score (nSPS) is 13.2. The van der Waals surface area contributed by atoms with Gasteiger partial charge in [-0.2, -0.15) is 0 Å². The van der Waals surface area contributed by atoms with E-state index in [2.05, 4.69) is 32.4 Å². The van der Waals surface area contributed by atoms with Crippen LogP contribution in [0.1, 0.15) is 33.4 Å². The Hall–Kier alpha value is -0.850. The molecular weight excluding hydrogens is 262 g/mol. The lowest BCUT2D eigenvalue weighted by molar-refractivity contribution is 0.252. The first kappa shape index (κ1) is 16.2. The minimum Gasteiger partial charge on any atom is -0.352 e. The van der Waals surface area contributed by atoms with Gasteiger partial charge in [-0.15, -0.1) is 0 Å². The number of hydrogen-bond donors (Lipinski definition) is 2. The fraction of sp³-hybridized carbons (Fsp3) is 0.692. The molecule has 1 rings (SSSR count). The second kappa shape index (κ2) is 5.64. The van der Waals surface area contributed by atoms with Crippen LogP contribution in [-0.2, 0) is 23.6 Å². The molecule has 0 aliphatic heterocycles. The van der Waals surface area contributed by atoms with E-state index in [1.807, 2.05) is 0 Å². The van der Waals surface area contributed by atoms with Crippen molar-refractivity contribution in [3.63, 3.8) is 0 Å². The molecule has 0 aliphatic rings. The Labute approximate surface area is 116 Å². The largest absolute Gasteiger partial charge is 0.352 e. The molecule has 0 bridgehead atoms. The Bertz CT molecular complexity index is 530. The third-order valence-corrected chi connectivity index (χ3v) is 5.25. The average Bonchev–Trinajstić information content (AvgIpc) is 2.69. The van der Waals surface area contributed by atoms with Crippen LogP contribution >= 0.6 is 0 Å². The van der Waals surface area contributed by atoms with Crippen LogP contribution in [0.4, 0.5) is 0 Å². The van der Waals surface area contributed by atoms with Crippen molar-refractivity contribution in [2.45, 2.75) is 39.1 Å². The second-order valence-corrected chi connectivity index (χ2v) is 7.72. The molecule has 0 aliphatic carbocycles. The number of nitrogens with zero attached hydrogens (tertiary/aromatic N) is 1. The molecule has 110 valence electrons. The van der Waals surface area contributed by atoms with Gasteiger partial charge in [-0.05, 0) is 17.4 Å². The maximum absolute atomic E-state index is 12.2. The second-order valence-electron chi connectivity index (χ2n) is 5.95. The Kier molecular flexibility index (Phi) is 4.81. The summed E-state index contributed by atoms with van der Waals surface area (Å²) in [6.07, 6.45) is 1.59. The zero-order chi connectivity index (χ0) is 14.8. The number of sulfonamides is 1. The molecule has 0 aromatic carbocycles. The van der Waals surface area contributed by atoms with Gasteiger partial charge in [0.05, 0.1) is 4.90 Å². The van der Waals surface area contributed by atoms with Crippen LogP contribution in [0.2, 0.25) is 0 Å². The highest BCUT2D eigenvalue weighted by Gasteiger charge is 2.26. The zero-order valence-corrected chi connectivity index (χ0v) is 13.2. The molecule has 1 heterocycles. The van der Waals surface area contributed by atoms with Crippen LogP contribution in [0, 0.1) is 11.3 Å². The summed E-state index contributed by atoms with van der Waals surface area (Å²) in [5, 5.41) is 0. The van der Waals surface area contributed by atoms with E-state index in [4.69, 9.17) is 5.73 Å². The smallest absolute Gasteiger partial charge is 0.242 e. The molecule has 6 heteroatoms. The third kappa shape index (κ3) is 3.81. The van der Waals surface area contributed by atoms with E-state index in [0.29, 0.717) is 19.0 Å². The number of nitrogens with one attached hydrogen (secondary N) is 1. The molecule has 3 N–H and O–H groups in total. The van der Waals surface area contributed by atoms with Crippen molar-refractivity contribution in [1.82, 2.24) is 9.29 Å². The highest BCUT2D eigenvalue weighted by Crippen LogP contribution is 2.25. The Morgan fingerprint density at radius 1 is 1.42 bits per heavy atom. The Morgan fingerprint density at radius 3 is 2.42 bits per heavy atom. The zero-order valence-electron chi connectivity index (χ0n) is 12.4. The summed E-state index contributed by atoms with van der Waals surface area (Å²) >= 11 is 0. The molecule has 19 heavy (non-hydrogen) atoms. The van der Waals surface area contributed by atoms with Gasteiger partial charge in [-0.3, -0.25) is 0 Å². The van der Waals surface area contributed by atoms with Gasteiger partial charge in [0.1, 0.15) is 0 Å². The molecule has 0 saturated heterocycles. The predicted octanol–water partition coefficient (Wildman–Crippen LogP) is 1.44. The van der Waals surface area contributed by atoms with Gasteiger partial charge in [0, 0.05) is 32.0 Å². The number of aryl methyl sites for hydroxylation is 1. The first-order chi connectivity index (χ1) is 8.60. The maximum atomic E-state index is 12.2. The lowest BCUT2D eigenvalue weighted by Gasteiger charge is -2.29. The summed E-state index contributed by atoms with van der Waals surface area (Å²) in [5.74, 6) is 0.394. The van der Waals surface area contributed by atoms with E-state index < -0.39 is 10.0 Å². The molecule has 0 unspecified atom stereocenters. The summed E-state index contributed by atoms with van der Waals surface area (Å²) in [7, 11) is -1.67. The highest BCUT2D eigenvalue weighted by atomic mass is 32.2. The summed E-state index contributed by atoms with van der Waals surface area (Å²) in [6.45, 7) is 9.02. The van der Waals surface area contributed by atoms with Crippen LogP contribution in [0.5, 0.6) is 0 Å². The van der Waals surface area contributed by atoms with Crippen molar-refractivity contribution < 1.29 is 8.42 Å². The van der Waals surface area contributed by atoms with Crippen molar-refractivity contribution in [2.75, 3.05) is 6.54 Å². The molecule has 0 spiro atoms. The van der Waals surface area contributed by atoms with Crippen molar-refractivity contribution in [3.8, 4) is 0 Å². The molecule has 0 saturated carbocycles. The van der Waals surface area contributed by atoms with Gasteiger partial charge in [0.25, 0.3) is 0 Å². The van der Waals surface area contributed by atoms with E-state index in [1.165, 1.54) is 0 Å². The minimum absolute atomic E-state index is 0.0848. The van der Waals surface area contributed by atoms with Crippen LogP contribution in [-0.4, -0.2) is 19.5 Å². The molecule has 1 aromatic rings. The van der Waals surface area contributed by atoms with Crippen molar-refractivity contribution in [2.24, 2.45) is 24.1 Å². The topological polar surface area (TPSA) is 77.1 Å². The molecule has 0 fully saturated rings. The number of hydrogen-bond acceptors (Lipinski definition) is 3. The first-order valence-corrected chi connectivity index (χ1v) is 7.93. The molecule has 1 aromatic heterocycles. The van der Waals surface area contributed by atoms with Crippen molar-refractivity contribution in [3.05, 3.63) is 18.0 Å². The first-order valence-electron chi connectivity index (χ1n) is 6.45. The number of nitrogens with two attached hydrogens (primary N) is 1. The quantitative estimate of drug-likeness (QED) is 0.831. The monoisotopic (exact) mass is 287 g/mol. The highest BCUT2D eigenvalue weighted by molar-refractivity contribution is 7.89. The average molecular weight is 287 g/mol. The van der Waals surface area contributed by atoms with E-state index in [0.717, 1.165) is 5.69 Å². The minimum atomic E-state index is -3.47. The van der Waals surface area contributed by atoms with Gasteiger partial charge in [0.2, 0.25) is 10.0 Å². The summed E-state index contributed by atoms with van der Waals surface area (Å²) in [6, 6.07) is 1.62. The van der Waals surface area contributed by atoms with E-state index in [1.54, 1.807) is 23.9 Å². The predicted molar refractivity (Wildman–Crippen MR) is 77.1 cm³/mol. The van der Waals surface area contributed by atoms with Gasteiger partial charge in [-0.25, -0.2) is 13.1 Å². The maximum Gasteiger partial charge on any atom is 0.242 e.